The predicted molar refractivity (Wildman–Crippen MR) is 77.8 cm³/mol. The fourth-order valence-corrected chi connectivity index (χ4v) is 2.37. The van der Waals surface area contributed by atoms with Gasteiger partial charge in [-0.25, -0.2) is 4.98 Å². The number of carbonyl (C=O) groups is 1. The first kappa shape index (κ1) is 14.6. The summed E-state index contributed by atoms with van der Waals surface area (Å²) in [5, 5.41) is 3.09. The number of carbonyl (C=O) groups excluding carboxylic acids is 1. The standard InChI is InChI=1S/C14H22N4O2/c1-10(2)15-14-16-11(9-12(19)17-14)5-3-7-18-8-4-6-13(18)20/h9-10H,3-8H2,1-2H3,(H2,15,16,17,19). The molecule has 0 spiro atoms. The van der Waals surface area contributed by atoms with Crippen LogP contribution < -0.4 is 10.9 Å². The van der Waals surface area contributed by atoms with Crippen molar-refractivity contribution < 1.29 is 4.79 Å². The molecule has 6 heteroatoms. The minimum atomic E-state index is -0.143. The van der Waals surface area contributed by atoms with Crippen LogP contribution in [0, 0.1) is 0 Å². The van der Waals surface area contributed by atoms with Crippen molar-refractivity contribution in [2.75, 3.05) is 18.4 Å². The number of anilines is 1. The number of likely N-dealkylation sites (tertiary alicyclic amines) is 1. The minimum Gasteiger partial charge on any atom is -0.354 e. The number of aromatic amines is 1. The maximum absolute atomic E-state index is 11.6. The van der Waals surface area contributed by atoms with E-state index in [9.17, 15) is 9.59 Å². The summed E-state index contributed by atoms with van der Waals surface area (Å²) >= 11 is 0. The summed E-state index contributed by atoms with van der Waals surface area (Å²) in [6, 6.07) is 1.74. The van der Waals surface area contributed by atoms with E-state index >= 15 is 0 Å². The van der Waals surface area contributed by atoms with Crippen LogP contribution in [0.4, 0.5) is 5.95 Å². The lowest BCUT2D eigenvalue weighted by Gasteiger charge is -2.15. The van der Waals surface area contributed by atoms with E-state index in [1.165, 1.54) is 6.07 Å². The maximum Gasteiger partial charge on any atom is 0.252 e. The number of nitrogens with zero attached hydrogens (tertiary/aromatic N) is 2. The topological polar surface area (TPSA) is 78.1 Å². The van der Waals surface area contributed by atoms with Gasteiger partial charge in [-0.05, 0) is 33.1 Å². The van der Waals surface area contributed by atoms with E-state index in [0.29, 0.717) is 18.8 Å². The zero-order valence-electron chi connectivity index (χ0n) is 12.1. The van der Waals surface area contributed by atoms with E-state index in [1.54, 1.807) is 0 Å². The van der Waals surface area contributed by atoms with Crippen LogP contribution in [0.1, 0.15) is 38.8 Å². The second-order valence-corrected chi connectivity index (χ2v) is 5.47. The molecule has 1 aromatic rings. The first-order valence-electron chi connectivity index (χ1n) is 7.19. The number of hydrogen-bond donors (Lipinski definition) is 2. The van der Waals surface area contributed by atoms with Crippen molar-refractivity contribution >= 4 is 11.9 Å². The highest BCUT2D eigenvalue weighted by Crippen LogP contribution is 2.11. The molecule has 20 heavy (non-hydrogen) atoms. The molecule has 1 saturated heterocycles. The highest BCUT2D eigenvalue weighted by Gasteiger charge is 2.19. The highest BCUT2D eigenvalue weighted by atomic mass is 16.2. The quantitative estimate of drug-likeness (QED) is 0.818. The molecule has 2 rings (SSSR count). The SMILES string of the molecule is CC(C)Nc1nc(CCCN2CCCC2=O)cc(=O)[nH]1. The molecule has 0 bridgehead atoms. The lowest BCUT2D eigenvalue weighted by Crippen LogP contribution is -2.26. The molecule has 0 radical (unpaired) electrons. The van der Waals surface area contributed by atoms with Crippen molar-refractivity contribution in [2.24, 2.45) is 0 Å². The molecular formula is C14H22N4O2. The van der Waals surface area contributed by atoms with Gasteiger partial charge >= 0.3 is 0 Å². The Morgan fingerprint density at radius 3 is 2.90 bits per heavy atom. The summed E-state index contributed by atoms with van der Waals surface area (Å²) in [7, 11) is 0. The smallest absolute Gasteiger partial charge is 0.252 e. The summed E-state index contributed by atoms with van der Waals surface area (Å²) in [5.74, 6) is 0.755. The molecule has 1 aliphatic rings. The monoisotopic (exact) mass is 278 g/mol. The van der Waals surface area contributed by atoms with Crippen LogP contribution in [0.25, 0.3) is 0 Å². The molecule has 1 fully saturated rings. The second kappa shape index (κ2) is 6.54. The second-order valence-electron chi connectivity index (χ2n) is 5.47. The molecule has 6 nitrogen and oxygen atoms in total. The van der Waals surface area contributed by atoms with Gasteiger partial charge in [0, 0.05) is 37.3 Å². The molecule has 1 amide bonds. The zero-order valence-corrected chi connectivity index (χ0v) is 12.1. The number of aromatic nitrogens is 2. The number of aryl methyl sites for hydroxylation is 1. The third kappa shape index (κ3) is 4.08. The number of H-pyrrole nitrogens is 1. The number of rotatable bonds is 6. The van der Waals surface area contributed by atoms with Gasteiger partial charge in [0.15, 0.2) is 0 Å². The van der Waals surface area contributed by atoms with Crippen LogP contribution in [0.2, 0.25) is 0 Å². The first-order valence-corrected chi connectivity index (χ1v) is 7.19. The van der Waals surface area contributed by atoms with Crippen molar-refractivity contribution in [1.29, 1.82) is 0 Å². The molecule has 2 heterocycles. The molecule has 0 atom stereocenters. The van der Waals surface area contributed by atoms with Crippen LogP contribution in [-0.4, -0.2) is 39.9 Å². The van der Waals surface area contributed by atoms with Gasteiger partial charge in [0.1, 0.15) is 0 Å². The van der Waals surface area contributed by atoms with Gasteiger partial charge in [-0.1, -0.05) is 0 Å². The predicted octanol–water partition coefficient (Wildman–Crippen LogP) is 1.15. The van der Waals surface area contributed by atoms with E-state index in [-0.39, 0.29) is 17.5 Å². The highest BCUT2D eigenvalue weighted by molar-refractivity contribution is 5.77. The Kier molecular flexibility index (Phi) is 4.76. The zero-order chi connectivity index (χ0) is 14.5. The van der Waals surface area contributed by atoms with Crippen LogP contribution in [0.3, 0.4) is 0 Å². The van der Waals surface area contributed by atoms with E-state index < -0.39 is 0 Å². The Hall–Kier alpha value is -1.85. The van der Waals surface area contributed by atoms with Gasteiger partial charge < -0.3 is 10.2 Å². The molecule has 0 saturated carbocycles. The molecule has 1 aliphatic heterocycles. The van der Waals surface area contributed by atoms with Crippen LogP contribution in [0.5, 0.6) is 0 Å². The van der Waals surface area contributed by atoms with E-state index in [4.69, 9.17) is 0 Å². The summed E-state index contributed by atoms with van der Waals surface area (Å²) in [4.78, 5) is 32.0. The number of nitrogens with one attached hydrogen (secondary N) is 2. The fraction of sp³-hybridized carbons (Fsp3) is 0.643. The molecular weight excluding hydrogens is 256 g/mol. The molecule has 0 unspecified atom stereocenters. The van der Waals surface area contributed by atoms with Crippen LogP contribution in [0.15, 0.2) is 10.9 Å². The Bertz CT molecular complexity index is 524. The van der Waals surface area contributed by atoms with E-state index in [0.717, 1.165) is 31.6 Å². The van der Waals surface area contributed by atoms with Gasteiger partial charge in [0.2, 0.25) is 11.9 Å². The molecule has 0 aliphatic carbocycles. The van der Waals surface area contributed by atoms with Gasteiger partial charge in [0.05, 0.1) is 0 Å². The van der Waals surface area contributed by atoms with Crippen LogP contribution >= 0.6 is 0 Å². The van der Waals surface area contributed by atoms with Gasteiger partial charge in [-0.15, -0.1) is 0 Å². The Morgan fingerprint density at radius 1 is 1.45 bits per heavy atom. The van der Waals surface area contributed by atoms with Crippen molar-refractivity contribution in [3.05, 3.63) is 22.1 Å². The minimum absolute atomic E-state index is 0.143. The Labute approximate surface area is 118 Å². The summed E-state index contributed by atoms with van der Waals surface area (Å²) < 4.78 is 0. The Morgan fingerprint density at radius 2 is 2.25 bits per heavy atom. The van der Waals surface area contributed by atoms with Crippen molar-refractivity contribution in [3.63, 3.8) is 0 Å². The van der Waals surface area contributed by atoms with Crippen molar-refractivity contribution in [1.82, 2.24) is 14.9 Å². The molecule has 2 N–H and O–H groups in total. The van der Waals surface area contributed by atoms with Gasteiger partial charge in [-0.3, -0.25) is 14.6 Å². The average molecular weight is 278 g/mol. The number of hydrogen-bond acceptors (Lipinski definition) is 4. The lowest BCUT2D eigenvalue weighted by molar-refractivity contribution is -0.127. The normalized spacial score (nSPS) is 15.2. The van der Waals surface area contributed by atoms with Crippen LogP contribution in [-0.2, 0) is 11.2 Å². The third-order valence-electron chi connectivity index (χ3n) is 3.25. The summed E-state index contributed by atoms with van der Waals surface area (Å²) in [6.07, 6.45) is 3.18. The maximum atomic E-state index is 11.6. The fourth-order valence-electron chi connectivity index (χ4n) is 2.37. The third-order valence-corrected chi connectivity index (χ3v) is 3.25. The van der Waals surface area contributed by atoms with E-state index in [2.05, 4.69) is 15.3 Å². The first-order chi connectivity index (χ1) is 9.54. The number of amides is 1. The largest absolute Gasteiger partial charge is 0.354 e. The average Bonchev–Trinajstić information content (AvgIpc) is 2.73. The molecule has 110 valence electrons. The van der Waals surface area contributed by atoms with E-state index in [1.807, 2.05) is 18.7 Å². The molecule has 1 aromatic heterocycles. The van der Waals surface area contributed by atoms with Crippen molar-refractivity contribution in [2.45, 2.75) is 45.6 Å². The molecule has 0 aromatic carbocycles. The van der Waals surface area contributed by atoms with Gasteiger partial charge in [-0.2, -0.15) is 0 Å². The lowest BCUT2D eigenvalue weighted by atomic mass is 10.2. The summed E-state index contributed by atoms with van der Waals surface area (Å²) in [5.41, 5.74) is 0.624. The van der Waals surface area contributed by atoms with Gasteiger partial charge in [0.25, 0.3) is 5.56 Å². The van der Waals surface area contributed by atoms with Crippen molar-refractivity contribution in [3.8, 4) is 0 Å². The Balaban J connectivity index is 1.90. The summed E-state index contributed by atoms with van der Waals surface area (Å²) in [6.45, 7) is 5.60.